The Balaban J connectivity index is 2.48. The lowest BCUT2D eigenvalue weighted by Gasteiger charge is -2.44. The average Bonchev–Trinajstić information content (AvgIpc) is 2.80. The van der Waals surface area contributed by atoms with Gasteiger partial charge in [0, 0.05) is 18.2 Å². The zero-order chi connectivity index (χ0) is 14.5. The van der Waals surface area contributed by atoms with Gasteiger partial charge in [0.15, 0.2) is 19.7 Å². The van der Waals surface area contributed by atoms with E-state index < -0.39 is 35.9 Å². The van der Waals surface area contributed by atoms with Crippen molar-refractivity contribution >= 4 is 19.7 Å². The van der Waals surface area contributed by atoms with Crippen molar-refractivity contribution in [1.29, 1.82) is 0 Å². The molecule has 6 nitrogen and oxygen atoms in total. The standard InChI is InChI=1S/C11H21NO5S2/c1-18(14,15)9-3-2-4-11(9,13)10(7-12)5-6-19(16,17)8-10/h9,13H,2-8,12H2,1H3. The van der Waals surface area contributed by atoms with Gasteiger partial charge in [0.25, 0.3) is 0 Å². The number of hydrogen-bond donors (Lipinski definition) is 2. The molecule has 2 fully saturated rings. The van der Waals surface area contributed by atoms with Crippen LogP contribution in [0.15, 0.2) is 0 Å². The highest BCUT2D eigenvalue weighted by atomic mass is 32.2. The molecule has 0 spiro atoms. The van der Waals surface area contributed by atoms with Gasteiger partial charge in [-0.05, 0) is 25.7 Å². The largest absolute Gasteiger partial charge is 0.388 e. The SMILES string of the molecule is CS(=O)(=O)C1CCCC1(O)C1(CN)CCS(=O)(=O)C1. The van der Waals surface area contributed by atoms with E-state index in [0.29, 0.717) is 19.3 Å². The molecule has 3 N–H and O–H groups in total. The van der Waals surface area contributed by atoms with Gasteiger partial charge < -0.3 is 10.8 Å². The summed E-state index contributed by atoms with van der Waals surface area (Å²) in [5, 5.41) is 10.0. The van der Waals surface area contributed by atoms with E-state index in [-0.39, 0.29) is 24.5 Å². The molecule has 19 heavy (non-hydrogen) atoms. The fourth-order valence-electron chi connectivity index (χ4n) is 3.73. The van der Waals surface area contributed by atoms with Crippen LogP contribution in [0.5, 0.6) is 0 Å². The molecule has 2 aliphatic rings. The van der Waals surface area contributed by atoms with Crippen LogP contribution in [0.2, 0.25) is 0 Å². The highest BCUT2D eigenvalue weighted by Crippen LogP contribution is 2.51. The van der Waals surface area contributed by atoms with Gasteiger partial charge in [-0.2, -0.15) is 0 Å². The fourth-order valence-corrected chi connectivity index (χ4v) is 7.60. The first-order valence-electron chi connectivity index (χ1n) is 6.38. The molecule has 1 heterocycles. The Labute approximate surface area is 114 Å². The summed E-state index contributed by atoms with van der Waals surface area (Å²) >= 11 is 0. The second-order valence-corrected chi connectivity index (χ2v) is 10.4. The number of sulfone groups is 2. The van der Waals surface area contributed by atoms with Crippen LogP contribution < -0.4 is 5.73 Å². The predicted molar refractivity (Wildman–Crippen MR) is 72.2 cm³/mol. The highest BCUT2D eigenvalue weighted by Gasteiger charge is 2.62. The Bertz CT molecular complexity index is 570. The lowest BCUT2D eigenvalue weighted by molar-refractivity contribution is -0.0590. The van der Waals surface area contributed by atoms with Crippen molar-refractivity contribution in [1.82, 2.24) is 0 Å². The van der Waals surface area contributed by atoms with Crippen molar-refractivity contribution in [2.75, 3.05) is 24.3 Å². The van der Waals surface area contributed by atoms with Crippen molar-refractivity contribution in [2.45, 2.75) is 36.5 Å². The molecule has 0 bridgehead atoms. The molecule has 0 aromatic carbocycles. The van der Waals surface area contributed by atoms with Crippen LogP contribution in [-0.4, -0.2) is 57.1 Å². The third-order valence-electron chi connectivity index (χ3n) is 4.77. The van der Waals surface area contributed by atoms with Crippen molar-refractivity contribution in [3.63, 3.8) is 0 Å². The molecular weight excluding hydrogens is 290 g/mol. The molecule has 112 valence electrons. The second-order valence-electron chi connectivity index (χ2n) is 5.96. The van der Waals surface area contributed by atoms with Gasteiger partial charge in [0.05, 0.1) is 22.4 Å². The maximum absolute atomic E-state index is 11.9. The normalized spacial score (nSPS) is 42.6. The molecule has 1 aliphatic heterocycles. The van der Waals surface area contributed by atoms with E-state index in [1.54, 1.807) is 0 Å². The van der Waals surface area contributed by atoms with Gasteiger partial charge in [-0.15, -0.1) is 0 Å². The molecule has 0 amide bonds. The van der Waals surface area contributed by atoms with Gasteiger partial charge in [0.2, 0.25) is 0 Å². The van der Waals surface area contributed by atoms with E-state index in [1.165, 1.54) is 0 Å². The summed E-state index contributed by atoms with van der Waals surface area (Å²) in [6, 6.07) is 0. The summed E-state index contributed by atoms with van der Waals surface area (Å²) in [5.74, 6) is -0.234. The van der Waals surface area contributed by atoms with Gasteiger partial charge >= 0.3 is 0 Å². The zero-order valence-corrected chi connectivity index (χ0v) is 12.6. The Kier molecular flexibility index (Phi) is 3.53. The molecule has 1 saturated carbocycles. The van der Waals surface area contributed by atoms with Crippen molar-refractivity contribution < 1.29 is 21.9 Å². The molecule has 2 rings (SSSR count). The molecular formula is C11H21NO5S2. The van der Waals surface area contributed by atoms with E-state index in [1.807, 2.05) is 0 Å². The Morgan fingerprint density at radius 2 is 2.00 bits per heavy atom. The molecule has 0 aromatic rings. The Morgan fingerprint density at radius 3 is 2.42 bits per heavy atom. The molecule has 0 radical (unpaired) electrons. The van der Waals surface area contributed by atoms with Crippen LogP contribution in [0.25, 0.3) is 0 Å². The Morgan fingerprint density at radius 1 is 1.37 bits per heavy atom. The monoisotopic (exact) mass is 311 g/mol. The maximum atomic E-state index is 11.9. The highest BCUT2D eigenvalue weighted by molar-refractivity contribution is 7.92. The summed E-state index contributed by atoms with van der Waals surface area (Å²) in [6.07, 6.45) is 2.60. The minimum Gasteiger partial charge on any atom is -0.388 e. The van der Waals surface area contributed by atoms with E-state index in [9.17, 15) is 21.9 Å². The minimum absolute atomic E-state index is 0.00521. The van der Waals surface area contributed by atoms with Gasteiger partial charge in [-0.25, -0.2) is 16.8 Å². The number of rotatable bonds is 3. The predicted octanol–water partition coefficient (Wildman–Crippen LogP) is -0.922. The van der Waals surface area contributed by atoms with Crippen LogP contribution in [0.3, 0.4) is 0 Å². The lowest BCUT2D eigenvalue weighted by atomic mass is 9.70. The van der Waals surface area contributed by atoms with Crippen molar-refractivity contribution in [3.8, 4) is 0 Å². The van der Waals surface area contributed by atoms with Crippen LogP contribution in [0, 0.1) is 5.41 Å². The second kappa shape index (κ2) is 4.41. The van der Waals surface area contributed by atoms with E-state index in [4.69, 9.17) is 5.73 Å². The third-order valence-corrected chi connectivity index (χ3v) is 8.25. The van der Waals surface area contributed by atoms with Crippen molar-refractivity contribution in [2.24, 2.45) is 11.1 Å². The average molecular weight is 311 g/mol. The molecule has 1 saturated heterocycles. The van der Waals surface area contributed by atoms with Gasteiger partial charge in [-0.1, -0.05) is 0 Å². The first kappa shape index (κ1) is 15.2. The number of nitrogens with two attached hydrogens (primary N) is 1. The van der Waals surface area contributed by atoms with E-state index in [2.05, 4.69) is 0 Å². The fraction of sp³-hybridized carbons (Fsp3) is 1.00. The van der Waals surface area contributed by atoms with Crippen LogP contribution >= 0.6 is 0 Å². The number of hydrogen-bond acceptors (Lipinski definition) is 6. The van der Waals surface area contributed by atoms with Gasteiger partial charge in [0.1, 0.15) is 0 Å². The molecule has 0 aromatic heterocycles. The van der Waals surface area contributed by atoms with Crippen molar-refractivity contribution in [3.05, 3.63) is 0 Å². The maximum Gasteiger partial charge on any atom is 0.153 e. The van der Waals surface area contributed by atoms with Crippen LogP contribution in [0.4, 0.5) is 0 Å². The summed E-state index contributed by atoms with van der Waals surface area (Å²) in [6.45, 7) is -0.00521. The minimum atomic E-state index is -3.43. The number of aliphatic hydroxyl groups is 1. The molecule has 8 heteroatoms. The first-order chi connectivity index (χ1) is 8.56. The summed E-state index contributed by atoms with van der Waals surface area (Å²) in [5.41, 5.74) is 3.21. The molecule has 3 unspecified atom stereocenters. The third kappa shape index (κ3) is 2.32. The topological polar surface area (TPSA) is 115 Å². The Hall–Kier alpha value is -0.180. The van der Waals surface area contributed by atoms with Crippen LogP contribution in [-0.2, 0) is 19.7 Å². The van der Waals surface area contributed by atoms with E-state index in [0.717, 1.165) is 6.26 Å². The summed E-state index contributed by atoms with van der Waals surface area (Å²) < 4.78 is 47.2. The molecule has 1 aliphatic carbocycles. The van der Waals surface area contributed by atoms with Crippen LogP contribution in [0.1, 0.15) is 25.7 Å². The molecule has 3 atom stereocenters. The van der Waals surface area contributed by atoms with Gasteiger partial charge in [-0.3, -0.25) is 0 Å². The summed E-state index contributed by atoms with van der Waals surface area (Å²) in [7, 11) is -6.68. The first-order valence-corrected chi connectivity index (χ1v) is 10.2. The van der Waals surface area contributed by atoms with E-state index >= 15 is 0 Å². The quantitative estimate of drug-likeness (QED) is 0.696. The zero-order valence-electron chi connectivity index (χ0n) is 11.0. The lowest BCUT2D eigenvalue weighted by Crippen LogP contribution is -2.59. The summed E-state index contributed by atoms with van der Waals surface area (Å²) in [4.78, 5) is 0. The smallest absolute Gasteiger partial charge is 0.153 e.